The van der Waals surface area contributed by atoms with Gasteiger partial charge in [0.25, 0.3) is 10.0 Å². The van der Waals surface area contributed by atoms with E-state index in [0.717, 1.165) is 24.2 Å². The summed E-state index contributed by atoms with van der Waals surface area (Å²) >= 11 is 1.16. The van der Waals surface area contributed by atoms with Crippen molar-refractivity contribution < 1.29 is 13.5 Å². The van der Waals surface area contributed by atoms with E-state index >= 15 is 0 Å². The number of piperidine rings is 1. The van der Waals surface area contributed by atoms with E-state index in [0.29, 0.717) is 28.1 Å². The molecule has 0 atom stereocenters. The first kappa shape index (κ1) is 15.9. The van der Waals surface area contributed by atoms with Gasteiger partial charge in [0.05, 0.1) is 6.61 Å². The van der Waals surface area contributed by atoms with Crippen LogP contribution in [0.2, 0.25) is 0 Å². The van der Waals surface area contributed by atoms with Gasteiger partial charge in [0, 0.05) is 18.0 Å². The van der Waals surface area contributed by atoms with Gasteiger partial charge in [-0.05, 0) is 36.3 Å². The van der Waals surface area contributed by atoms with E-state index in [-0.39, 0.29) is 12.0 Å². The van der Waals surface area contributed by atoms with Gasteiger partial charge < -0.3 is 5.11 Å². The molecule has 4 nitrogen and oxygen atoms in total. The normalized spacial score (nSPS) is 19.4. The molecule has 114 valence electrons. The minimum Gasteiger partial charge on any atom is -0.391 e. The zero-order chi connectivity index (χ0) is 15.0. The highest BCUT2D eigenvalue weighted by Gasteiger charge is 2.34. The molecule has 0 radical (unpaired) electrons. The lowest BCUT2D eigenvalue weighted by molar-refractivity contribution is 0.154. The predicted octanol–water partition coefficient (Wildman–Crippen LogP) is 2.69. The second kappa shape index (κ2) is 5.75. The number of aliphatic hydroxyl groups is 1. The van der Waals surface area contributed by atoms with E-state index in [1.807, 2.05) is 0 Å². The fraction of sp³-hybridized carbons (Fsp3) is 0.714. The van der Waals surface area contributed by atoms with E-state index in [4.69, 9.17) is 5.11 Å². The fourth-order valence-electron chi connectivity index (χ4n) is 2.67. The van der Waals surface area contributed by atoms with Crippen molar-refractivity contribution in [2.45, 2.75) is 44.4 Å². The zero-order valence-corrected chi connectivity index (χ0v) is 13.9. The van der Waals surface area contributed by atoms with Crippen LogP contribution >= 0.6 is 11.3 Å². The van der Waals surface area contributed by atoms with E-state index in [1.165, 1.54) is 0 Å². The third kappa shape index (κ3) is 3.24. The Balaban J connectivity index is 2.09. The van der Waals surface area contributed by atoms with Crippen LogP contribution in [-0.4, -0.2) is 30.9 Å². The number of hydrogen-bond acceptors (Lipinski definition) is 4. The van der Waals surface area contributed by atoms with Gasteiger partial charge in [-0.2, -0.15) is 4.31 Å². The Morgan fingerprint density at radius 3 is 2.35 bits per heavy atom. The molecule has 0 aromatic carbocycles. The SMILES string of the molecule is CC(C)(C)C1CCN(S(=O)(=O)c2ccc(CO)s2)CC1. The summed E-state index contributed by atoms with van der Waals surface area (Å²) in [7, 11) is -3.38. The quantitative estimate of drug-likeness (QED) is 0.932. The van der Waals surface area contributed by atoms with Gasteiger partial charge in [0.2, 0.25) is 0 Å². The molecule has 1 aliphatic rings. The number of thiophene rings is 1. The van der Waals surface area contributed by atoms with Crippen LogP contribution < -0.4 is 0 Å². The molecule has 1 aromatic rings. The summed E-state index contributed by atoms with van der Waals surface area (Å²) in [4.78, 5) is 0.688. The van der Waals surface area contributed by atoms with Gasteiger partial charge in [0.15, 0.2) is 0 Å². The van der Waals surface area contributed by atoms with Crippen molar-refractivity contribution in [1.29, 1.82) is 0 Å². The van der Waals surface area contributed by atoms with Gasteiger partial charge in [-0.1, -0.05) is 20.8 Å². The van der Waals surface area contributed by atoms with Gasteiger partial charge >= 0.3 is 0 Å². The molecule has 6 heteroatoms. The Morgan fingerprint density at radius 1 is 1.30 bits per heavy atom. The summed E-state index contributed by atoms with van der Waals surface area (Å²) in [6.45, 7) is 7.73. The highest BCUT2D eigenvalue weighted by atomic mass is 32.2. The smallest absolute Gasteiger partial charge is 0.252 e. The Labute approximate surface area is 125 Å². The average Bonchev–Trinajstić information content (AvgIpc) is 2.87. The molecule has 1 aliphatic heterocycles. The second-order valence-corrected chi connectivity index (χ2v) is 9.76. The molecule has 0 unspecified atom stereocenters. The highest BCUT2D eigenvalue weighted by Crippen LogP contribution is 2.36. The molecule has 0 spiro atoms. The molecule has 0 saturated carbocycles. The monoisotopic (exact) mass is 317 g/mol. The number of aliphatic hydroxyl groups excluding tert-OH is 1. The summed E-state index contributed by atoms with van der Waals surface area (Å²) in [6.07, 6.45) is 1.84. The Morgan fingerprint density at radius 2 is 1.90 bits per heavy atom. The topological polar surface area (TPSA) is 57.6 Å². The number of sulfonamides is 1. The van der Waals surface area contributed by atoms with Crippen molar-refractivity contribution in [2.75, 3.05) is 13.1 Å². The van der Waals surface area contributed by atoms with Crippen LogP contribution in [0.3, 0.4) is 0 Å². The molecule has 0 aliphatic carbocycles. The molecule has 0 bridgehead atoms. The zero-order valence-electron chi connectivity index (χ0n) is 12.3. The molecule has 1 fully saturated rings. The summed E-state index contributed by atoms with van der Waals surface area (Å²) in [5.41, 5.74) is 0.239. The first-order valence-electron chi connectivity index (χ1n) is 6.95. The van der Waals surface area contributed by atoms with Crippen LogP contribution in [0.1, 0.15) is 38.5 Å². The Bertz CT molecular complexity index is 549. The Kier molecular flexibility index (Phi) is 4.59. The van der Waals surface area contributed by atoms with Crippen molar-refractivity contribution in [3.8, 4) is 0 Å². The number of hydrogen-bond donors (Lipinski definition) is 1. The highest BCUT2D eigenvalue weighted by molar-refractivity contribution is 7.91. The summed E-state index contributed by atoms with van der Waals surface area (Å²) < 4.78 is 27.0. The Hall–Kier alpha value is -0.430. The standard InChI is InChI=1S/C14H23NO3S2/c1-14(2,3)11-6-8-15(9-7-11)20(17,18)13-5-4-12(10-16)19-13/h4-5,11,16H,6-10H2,1-3H3. The van der Waals surface area contributed by atoms with Crippen LogP contribution in [0.5, 0.6) is 0 Å². The van der Waals surface area contributed by atoms with Crippen molar-refractivity contribution in [3.63, 3.8) is 0 Å². The van der Waals surface area contributed by atoms with Crippen LogP contribution in [-0.2, 0) is 16.6 Å². The lowest BCUT2D eigenvalue weighted by Crippen LogP contribution is -2.41. The van der Waals surface area contributed by atoms with E-state index in [1.54, 1.807) is 16.4 Å². The molecular formula is C14H23NO3S2. The van der Waals surface area contributed by atoms with Crippen LogP contribution in [0, 0.1) is 11.3 Å². The molecule has 20 heavy (non-hydrogen) atoms. The van der Waals surface area contributed by atoms with Crippen LogP contribution in [0.15, 0.2) is 16.3 Å². The lowest BCUT2D eigenvalue weighted by Gasteiger charge is -2.38. The molecule has 1 saturated heterocycles. The van der Waals surface area contributed by atoms with Crippen molar-refractivity contribution in [1.82, 2.24) is 4.31 Å². The maximum Gasteiger partial charge on any atom is 0.252 e. The van der Waals surface area contributed by atoms with E-state index < -0.39 is 10.0 Å². The fourth-order valence-corrected chi connectivity index (χ4v) is 5.51. The molecule has 2 rings (SSSR count). The van der Waals surface area contributed by atoms with E-state index in [2.05, 4.69) is 20.8 Å². The molecular weight excluding hydrogens is 294 g/mol. The van der Waals surface area contributed by atoms with E-state index in [9.17, 15) is 8.42 Å². The number of rotatable bonds is 3. The van der Waals surface area contributed by atoms with Crippen molar-refractivity contribution in [2.24, 2.45) is 11.3 Å². The second-order valence-electron chi connectivity index (χ2n) is 6.42. The van der Waals surface area contributed by atoms with Gasteiger partial charge in [0.1, 0.15) is 4.21 Å². The third-order valence-corrected chi connectivity index (χ3v) is 7.50. The van der Waals surface area contributed by atoms with Crippen molar-refractivity contribution in [3.05, 3.63) is 17.0 Å². The van der Waals surface area contributed by atoms with Crippen LogP contribution in [0.4, 0.5) is 0 Å². The molecule has 1 aromatic heterocycles. The lowest BCUT2D eigenvalue weighted by atomic mass is 9.76. The maximum atomic E-state index is 12.5. The molecule has 0 amide bonds. The summed E-state index contributed by atoms with van der Waals surface area (Å²) in [5.74, 6) is 0.574. The first-order valence-corrected chi connectivity index (χ1v) is 9.20. The van der Waals surface area contributed by atoms with Crippen molar-refractivity contribution >= 4 is 21.4 Å². The van der Waals surface area contributed by atoms with Crippen LogP contribution in [0.25, 0.3) is 0 Å². The van der Waals surface area contributed by atoms with Gasteiger partial charge in [-0.15, -0.1) is 11.3 Å². The molecule has 1 N–H and O–H groups in total. The van der Waals surface area contributed by atoms with Gasteiger partial charge in [-0.25, -0.2) is 8.42 Å². The van der Waals surface area contributed by atoms with Gasteiger partial charge in [-0.3, -0.25) is 0 Å². The maximum absolute atomic E-state index is 12.5. The third-order valence-electron chi connectivity index (χ3n) is 4.07. The number of nitrogens with zero attached hydrogens (tertiary/aromatic N) is 1. The molecule has 2 heterocycles. The summed E-state index contributed by atoms with van der Waals surface area (Å²) in [6, 6.07) is 3.28. The average molecular weight is 317 g/mol. The minimum absolute atomic E-state index is 0.105. The predicted molar refractivity (Wildman–Crippen MR) is 81.2 cm³/mol. The minimum atomic E-state index is -3.38. The summed E-state index contributed by atoms with van der Waals surface area (Å²) in [5, 5.41) is 9.05. The first-order chi connectivity index (χ1) is 9.25. The largest absolute Gasteiger partial charge is 0.391 e.